The van der Waals surface area contributed by atoms with Crippen LogP contribution < -0.4 is 11.3 Å². The topological polar surface area (TPSA) is 55.1 Å². The number of hydrogen-bond acceptors (Lipinski definition) is 3. The van der Waals surface area contributed by atoms with Gasteiger partial charge in [0.15, 0.2) is 0 Å². The van der Waals surface area contributed by atoms with Gasteiger partial charge in [0.25, 0.3) is 5.91 Å². The molecule has 0 saturated heterocycles. The summed E-state index contributed by atoms with van der Waals surface area (Å²) in [7, 11) is 0. The van der Waals surface area contributed by atoms with Crippen molar-refractivity contribution in [1.82, 2.24) is 5.43 Å². The van der Waals surface area contributed by atoms with Gasteiger partial charge in [-0.1, -0.05) is 0 Å². The molecule has 0 unspecified atom stereocenters. The average molecular weight is 236 g/mol. The number of amides is 1. The number of benzene rings is 1. The number of nitrogen functional groups attached to an aromatic ring is 1. The molecule has 1 aromatic carbocycles. The number of nitrogens with one attached hydrogen (secondary N) is 1. The fraction of sp³-hybridized carbons (Fsp3) is 0.125. The number of rotatable bonds is 1. The zero-order valence-electron chi connectivity index (χ0n) is 7.30. The Labute approximate surface area is 88.8 Å². The Morgan fingerprint density at radius 3 is 2.47 bits per heavy atom. The minimum atomic E-state index is -4.61. The molecule has 15 heavy (non-hydrogen) atoms. The van der Waals surface area contributed by atoms with Gasteiger partial charge in [0.2, 0.25) is 0 Å². The summed E-state index contributed by atoms with van der Waals surface area (Å²) in [5.74, 6) is 3.78. The van der Waals surface area contributed by atoms with Crippen molar-refractivity contribution in [3.05, 3.63) is 29.3 Å². The van der Waals surface area contributed by atoms with Gasteiger partial charge in [-0.3, -0.25) is 10.2 Å². The minimum Gasteiger partial charge on any atom is -0.290 e. The first-order valence-corrected chi connectivity index (χ1v) is 4.22. The van der Waals surface area contributed by atoms with E-state index in [1.165, 1.54) is 6.07 Å². The highest BCUT2D eigenvalue weighted by Crippen LogP contribution is 2.33. The van der Waals surface area contributed by atoms with Crippen LogP contribution in [0, 0.1) is 0 Å². The van der Waals surface area contributed by atoms with E-state index in [2.05, 4.69) is 12.6 Å². The lowest BCUT2D eigenvalue weighted by molar-refractivity contribution is -0.138. The molecule has 3 nitrogen and oxygen atoms in total. The number of halogens is 3. The van der Waals surface area contributed by atoms with E-state index in [1.54, 1.807) is 5.43 Å². The molecule has 0 bridgehead atoms. The van der Waals surface area contributed by atoms with E-state index in [0.717, 1.165) is 12.1 Å². The third kappa shape index (κ3) is 2.63. The van der Waals surface area contributed by atoms with Crippen molar-refractivity contribution in [2.24, 2.45) is 5.84 Å². The Balaban J connectivity index is 3.33. The minimum absolute atomic E-state index is 0.121. The molecule has 0 aromatic heterocycles. The van der Waals surface area contributed by atoms with E-state index < -0.39 is 23.2 Å². The van der Waals surface area contributed by atoms with Crippen LogP contribution in [-0.2, 0) is 6.18 Å². The molecule has 0 atom stereocenters. The van der Waals surface area contributed by atoms with Crippen LogP contribution in [0.15, 0.2) is 23.1 Å². The van der Waals surface area contributed by atoms with Crippen molar-refractivity contribution in [3.8, 4) is 0 Å². The maximum absolute atomic E-state index is 12.5. The number of nitrogens with two attached hydrogens (primary N) is 1. The van der Waals surface area contributed by atoms with Gasteiger partial charge in [-0.15, -0.1) is 12.6 Å². The smallest absolute Gasteiger partial charge is 0.290 e. The monoisotopic (exact) mass is 236 g/mol. The van der Waals surface area contributed by atoms with E-state index in [4.69, 9.17) is 5.84 Å². The van der Waals surface area contributed by atoms with E-state index in [0.29, 0.717) is 0 Å². The number of carbonyl (C=O) groups excluding carboxylic acids is 1. The molecule has 0 heterocycles. The van der Waals surface area contributed by atoms with Gasteiger partial charge in [0.1, 0.15) is 0 Å². The molecule has 1 amide bonds. The number of thiol groups is 1. The molecule has 0 aliphatic carbocycles. The first-order chi connectivity index (χ1) is 6.86. The maximum Gasteiger partial charge on any atom is 0.417 e. The molecular formula is C8H7F3N2OS. The number of alkyl halides is 3. The summed E-state index contributed by atoms with van der Waals surface area (Å²) in [6.07, 6.45) is -4.61. The second kappa shape index (κ2) is 4.11. The zero-order chi connectivity index (χ0) is 11.6. The lowest BCUT2D eigenvalue weighted by Crippen LogP contribution is -2.31. The van der Waals surface area contributed by atoms with Crippen LogP contribution in [0.5, 0.6) is 0 Å². The summed E-state index contributed by atoms with van der Waals surface area (Å²) < 4.78 is 37.4. The van der Waals surface area contributed by atoms with Gasteiger partial charge < -0.3 is 0 Å². The van der Waals surface area contributed by atoms with Gasteiger partial charge in [-0.25, -0.2) is 5.84 Å². The van der Waals surface area contributed by atoms with Crippen LogP contribution in [0.1, 0.15) is 15.9 Å². The molecule has 0 aliphatic heterocycles. The quantitative estimate of drug-likeness (QED) is 0.300. The molecule has 0 fully saturated rings. The Bertz CT molecular complexity index is 392. The van der Waals surface area contributed by atoms with Crippen molar-refractivity contribution in [1.29, 1.82) is 0 Å². The van der Waals surface area contributed by atoms with Crippen LogP contribution in [0.2, 0.25) is 0 Å². The normalized spacial score (nSPS) is 11.3. The number of carbonyl (C=O) groups is 1. The molecule has 3 N–H and O–H groups in total. The Kier molecular flexibility index (Phi) is 3.25. The highest BCUT2D eigenvalue weighted by atomic mass is 32.1. The third-order valence-corrected chi connectivity index (χ3v) is 1.96. The van der Waals surface area contributed by atoms with E-state index in [1.807, 2.05) is 0 Å². The summed E-state index contributed by atoms with van der Waals surface area (Å²) in [5, 5.41) is 0. The van der Waals surface area contributed by atoms with Crippen molar-refractivity contribution in [2.45, 2.75) is 11.1 Å². The van der Waals surface area contributed by atoms with Gasteiger partial charge in [0, 0.05) is 4.90 Å². The van der Waals surface area contributed by atoms with Crippen LogP contribution in [-0.4, -0.2) is 5.91 Å². The van der Waals surface area contributed by atoms with Crippen LogP contribution in [0.25, 0.3) is 0 Å². The molecule has 0 aliphatic rings. The maximum atomic E-state index is 12.5. The number of hydrogen-bond donors (Lipinski definition) is 3. The van der Waals surface area contributed by atoms with Crippen LogP contribution >= 0.6 is 12.6 Å². The molecule has 7 heteroatoms. The largest absolute Gasteiger partial charge is 0.417 e. The van der Waals surface area contributed by atoms with Gasteiger partial charge >= 0.3 is 6.18 Å². The predicted octanol–water partition coefficient (Wildman–Crippen LogP) is 1.60. The fourth-order valence-corrected chi connectivity index (χ4v) is 1.25. The summed E-state index contributed by atoms with van der Waals surface area (Å²) >= 11 is 3.77. The van der Waals surface area contributed by atoms with Gasteiger partial charge in [-0.2, -0.15) is 13.2 Å². The average Bonchev–Trinajstić information content (AvgIpc) is 2.15. The first-order valence-electron chi connectivity index (χ1n) is 3.77. The van der Waals surface area contributed by atoms with Gasteiger partial charge in [0.05, 0.1) is 11.1 Å². The van der Waals surface area contributed by atoms with Crippen LogP contribution in [0.4, 0.5) is 13.2 Å². The Morgan fingerprint density at radius 2 is 2.00 bits per heavy atom. The molecular weight excluding hydrogens is 229 g/mol. The van der Waals surface area contributed by atoms with Crippen molar-refractivity contribution in [2.75, 3.05) is 0 Å². The van der Waals surface area contributed by atoms with E-state index in [-0.39, 0.29) is 4.90 Å². The summed E-state index contributed by atoms with van der Waals surface area (Å²) in [4.78, 5) is 11.2. The highest BCUT2D eigenvalue weighted by Gasteiger charge is 2.35. The molecule has 0 spiro atoms. The third-order valence-electron chi connectivity index (χ3n) is 1.68. The van der Waals surface area contributed by atoms with E-state index in [9.17, 15) is 18.0 Å². The lowest BCUT2D eigenvalue weighted by atomic mass is 10.1. The molecule has 1 aromatic rings. The SMILES string of the molecule is NNC(=O)c1ccc(S)cc1C(F)(F)F. The highest BCUT2D eigenvalue weighted by molar-refractivity contribution is 7.80. The van der Waals surface area contributed by atoms with Crippen molar-refractivity contribution < 1.29 is 18.0 Å². The first kappa shape index (κ1) is 11.9. The summed E-state index contributed by atoms with van der Waals surface area (Å²) in [6, 6.07) is 3.07. The van der Waals surface area contributed by atoms with Crippen molar-refractivity contribution in [3.63, 3.8) is 0 Å². The lowest BCUT2D eigenvalue weighted by Gasteiger charge is -2.11. The number of hydrazine groups is 1. The molecule has 1 rings (SSSR count). The molecule has 0 saturated carbocycles. The predicted molar refractivity (Wildman–Crippen MR) is 50.3 cm³/mol. The second-order valence-corrected chi connectivity index (χ2v) is 3.22. The molecule has 82 valence electrons. The Morgan fingerprint density at radius 1 is 1.40 bits per heavy atom. The Hall–Kier alpha value is -1.21. The van der Waals surface area contributed by atoms with Gasteiger partial charge in [-0.05, 0) is 18.2 Å². The standard InChI is InChI=1S/C8H7F3N2OS/c9-8(10,11)6-3-4(15)1-2-5(6)7(14)13-12/h1-3,15H,12H2,(H,13,14). The second-order valence-electron chi connectivity index (χ2n) is 2.70. The van der Waals surface area contributed by atoms with E-state index >= 15 is 0 Å². The summed E-state index contributed by atoms with van der Waals surface area (Å²) in [6.45, 7) is 0. The molecule has 0 radical (unpaired) electrons. The summed E-state index contributed by atoms with van der Waals surface area (Å²) in [5.41, 5.74) is 0.0667. The zero-order valence-corrected chi connectivity index (χ0v) is 8.19. The van der Waals surface area contributed by atoms with Crippen molar-refractivity contribution >= 4 is 18.5 Å². The fourth-order valence-electron chi connectivity index (χ4n) is 1.04. The van der Waals surface area contributed by atoms with Crippen LogP contribution in [0.3, 0.4) is 0 Å².